The minimum absolute atomic E-state index is 0.0518. The first-order valence-electron chi connectivity index (χ1n) is 6.82. The van der Waals surface area contributed by atoms with Gasteiger partial charge in [0.15, 0.2) is 0 Å². The zero-order chi connectivity index (χ0) is 14.5. The van der Waals surface area contributed by atoms with Crippen molar-refractivity contribution < 1.29 is 19.7 Å². The van der Waals surface area contributed by atoms with Gasteiger partial charge in [0.05, 0.1) is 38.5 Å². The summed E-state index contributed by atoms with van der Waals surface area (Å²) in [6.45, 7) is 4.65. The molecule has 0 aliphatic carbocycles. The molecule has 7 heteroatoms. The minimum atomic E-state index is -0.804. The molecule has 1 aliphatic rings. The number of carbonyl (C=O) groups is 1. The molecule has 20 heavy (non-hydrogen) atoms. The summed E-state index contributed by atoms with van der Waals surface area (Å²) in [4.78, 5) is 13.3. The van der Waals surface area contributed by atoms with Gasteiger partial charge >= 0.3 is 5.97 Å². The number of aliphatic hydroxyl groups excluding tert-OH is 1. The molecule has 0 saturated carbocycles. The Bertz CT molecular complexity index is 449. The van der Waals surface area contributed by atoms with Gasteiger partial charge in [-0.3, -0.25) is 14.4 Å². The van der Waals surface area contributed by atoms with Crippen LogP contribution in [0.4, 0.5) is 0 Å². The predicted molar refractivity (Wildman–Crippen MR) is 71.1 cm³/mol. The van der Waals surface area contributed by atoms with Crippen molar-refractivity contribution in [3.05, 3.63) is 18.0 Å². The standard InChI is InChI=1S/C13H21N3O4/c1-2-15(12-9-20-8-11(12)13(18)19)6-10-5-14-16(7-10)3-4-17/h5,7,11-12,17H,2-4,6,8-9H2,1H3,(H,18,19). The first-order valence-corrected chi connectivity index (χ1v) is 6.82. The average Bonchev–Trinajstić information content (AvgIpc) is 3.05. The van der Waals surface area contributed by atoms with Crippen LogP contribution in [0.3, 0.4) is 0 Å². The van der Waals surface area contributed by atoms with Crippen molar-refractivity contribution in [2.45, 2.75) is 26.1 Å². The molecule has 2 N–H and O–H groups in total. The molecule has 0 radical (unpaired) electrons. The monoisotopic (exact) mass is 283 g/mol. The van der Waals surface area contributed by atoms with E-state index < -0.39 is 11.9 Å². The van der Waals surface area contributed by atoms with Crippen LogP contribution in [0, 0.1) is 5.92 Å². The number of aromatic nitrogens is 2. The highest BCUT2D eigenvalue weighted by molar-refractivity contribution is 5.71. The third-order valence-electron chi connectivity index (χ3n) is 3.64. The maximum atomic E-state index is 11.2. The van der Waals surface area contributed by atoms with Gasteiger partial charge in [-0.05, 0) is 6.54 Å². The quantitative estimate of drug-likeness (QED) is 0.720. The van der Waals surface area contributed by atoms with Crippen molar-refractivity contribution >= 4 is 5.97 Å². The van der Waals surface area contributed by atoms with Crippen LogP contribution in [-0.4, -0.2) is 63.3 Å². The number of carboxylic acids is 1. The fraction of sp³-hybridized carbons (Fsp3) is 0.692. The van der Waals surface area contributed by atoms with Crippen molar-refractivity contribution in [1.82, 2.24) is 14.7 Å². The molecule has 0 bridgehead atoms. The molecule has 1 saturated heterocycles. The molecule has 2 heterocycles. The van der Waals surface area contributed by atoms with Gasteiger partial charge in [-0.15, -0.1) is 0 Å². The van der Waals surface area contributed by atoms with Crippen LogP contribution in [0.5, 0.6) is 0 Å². The van der Waals surface area contributed by atoms with Gasteiger partial charge < -0.3 is 14.9 Å². The number of aliphatic carboxylic acids is 1. The van der Waals surface area contributed by atoms with Crippen molar-refractivity contribution in [2.24, 2.45) is 5.92 Å². The van der Waals surface area contributed by atoms with Crippen LogP contribution in [0.1, 0.15) is 12.5 Å². The van der Waals surface area contributed by atoms with E-state index >= 15 is 0 Å². The molecule has 2 unspecified atom stereocenters. The Kier molecular flexibility index (Phi) is 5.11. The zero-order valence-corrected chi connectivity index (χ0v) is 11.6. The normalized spacial score (nSPS) is 22.6. The number of hydrogen-bond donors (Lipinski definition) is 2. The summed E-state index contributed by atoms with van der Waals surface area (Å²) in [6.07, 6.45) is 3.63. The summed E-state index contributed by atoms with van der Waals surface area (Å²) < 4.78 is 7.00. The zero-order valence-electron chi connectivity index (χ0n) is 11.6. The van der Waals surface area contributed by atoms with E-state index in [9.17, 15) is 9.90 Å². The Labute approximate surface area is 117 Å². The minimum Gasteiger partial charge on any atom is -0.481 e. The van der Waals surface area contributed by atoms with E-state index in [2.05, 4.69) is 10.00 Å². The van der Waals surface area contributed by atoms with Gasteiger partial charge in [0.25, 0.3) is 0 Å². The molecular weight excluding hydrogens is 262 g/mol. The molecule has 1 fully saturated rings. The number of rotatable bonds is 7. The molecule has 1 aromatic rings. The molecule has 2 atom stereocenters. The molecule has 0 spiro atoms. The van der Waals surface area contributed by atoms with E-state index in [1.807, 2.05) is 13.1 Å². The number of aliphatic hydroxyl groups is 1. The Morgan fingerprint density at radius 2 is 2.40 bits per heavy atom. The SMILES string of the molecule is CCN(Cc1cnn(CCO)c1)C1COCC1C(=O)O. The van der Waals surface area contributed by atoms with Gasteiger partial charge in [0.1, 0.15) is 0 Å². The Morgan fingerprint density at radius 3 is 3.05 bits per heavy atom. The van der Waals surface area contributed by atoms with Crippen molar-refractivity contribution in [2.75, 3.05) is 26.4 Å². The largest absolute Gasteiger partial charge is 0.481 e. The fourth-order valence-corrected chi connectivity index (χ4v) is 2.55. The lowest BCUT2D eigenvalue weighted by atomic mass is 10.0. The Morgan fingerprint density at radius 1 is 1.60 bits per heavy atom. The van der Waals surface area contributed by atoms with E-state index in [0.717, 1.165) is 12.1 Å². The lowest BCUT2D eigenvalue weighted by Gasteiger charge is -2.28. The first kappa shape index (κ1) is 15.0. The molecule has 0 aromatic carbocycles. The average molecular weight is 283 g/mol. The van der Waals surface area contributed by atoms with E-state index in [-0.39, 0.29) is 19.3 Å². The second-order valence-corrected chi connectivity index (χ2v) is 4.95. The van der Waals surface area contributed by atoms with Crippen LogP contribution in [0.25, 0.3) is 0 Å². The van der Waals surface area contributed by atoms with Crippen molar-refractivity contribution in [3.63, 3.8) is 0 Å². The topological polar surface area (TPSA) is 87.8 Å². The lowest BCUT2D eigenvalue weighted by molar-refractivity contribution is -0.143. The van der Waals surface area contributed by atoms with Crippen molar-refractivity contribution in [3.8, 4) is 0 Å². The summed E-state index contributed by atoms with van der Waals surface area (Å²) in [5.74, 6) is -1.27. The van der Waals surface area contributed by atoms with Gasteiger partial charge in [-0.1, -0.05) is 6.92 Å². The van der Waals surface area contributed by atoms with E-state index in [1.165, 1.54) is 0 Å². The smallest absolute Gasteiger partial charge is 0.310 e. The highest BCUT2D eigenvalue weighted by atomic mass is 16.5. The molecule has 1 aliphatic heterocycles. The maximum Gasteiger partial charge on any atom is 0.310 e. The number of carboxylic acid groups (broad SMARTS) is 1. The van der Waals surface area contributed by atoms with Gasteiger partial charge in [0, 0.05) is 24.3 Å². The highest BCUT2D eigenvalue weighted by Gasteiger charge is 2.37. The molecule has 112 valence electrons. The van der Waals surface area contributed by atoms with Crippen LogP contribution in [-0.2, 0) is 22.6 Å². The second-order valence-electron chi connectivity index (χ2n) is 4.95. The van der Waals surface area contributed by atoms with Crippen LogP contribution >= 0.6 is 0 Å². The summed E-state index contributed by atoms with van der Waals surface area (Å²) in [7, 11) is 0. The van der Waals surface area contributed by atoms with Crippen LogP contribution < -0.4 is 0 Å². The highest BCUT2D eigenvalue weighted by Crippen LogP contribution is 2.21. The predicted octanol–water partition coefficient (Wildman–Crippen LogP) is -0.203. The van der Waals surface area contributed by atoms with Gasteiger partial charge in [-0.2, -0.15) is 5.10 Å². The summed E-state index contributed by atoms with van der Waals surface area (Å²) >= 11 is 0. The fourth-order valence-electron chi connectivity index (χ4n) is 2.55. The van der Waals surface area contributed by atoms with E-state index in [4.69, 9.17) is 9.84 Å². The van der Waals surface area contributed by atoms with Crippen molar-refractivity contribution in [1.29, 1.82) is 0 Å². The second kappa shape index (κ2) is 6.83. The van der Waals surface area contributed by atoms with E-state index in [1.54, 1.807) is 10.9 Å². The number of hydrogen-bond acceptors (Lipinski definition) is 5. The van der Waals surface area contributed by atoms with Crippen LogP contribution in [0.2, 0.25) is 0 Å². The first-order chi connectivity index (χ1) is 9.65. The summed E-state index contributed by atoms with van der Waals surface area (Å²) in [6, 6.07) is -0.0984. The van der Waals surface area contributed by atoms with Crippen LogP contribution in [0.15, 0.2) is 12.4 Å². The summed E-state index contributed by atoms with van der Waals surface area (Å²) in [5.41, 5.74) is 1.01. The molecule has 0 amide bonds. The lowest BCUT2D eigenvalue weighted by Crippen LogP contribution is -2.42. The summed E-state index contributed by atoms with van der Waals surface area (Å²) in [5, 5.41) is 22.2. The van der Waals surface area contributed by atoms with Gasteiger partial charge in [0.2, 0.25) is 0 Å². The molecule has 7 nitrogen and oxygen atoms in total. The number of nitrogens with zero attached hydrogens (tertiary/aromatic N) is 3. The Balaban J connectivity index is 2.02. The molecule has 2 rings (SSSR count). The third-order valence-corrected chi connectivity index (χ3v) is 3.64. The van der Waals surface area contributed by atoms with E-state index in [0.29, 0.717) is 19.7 Å². The third kappa shape index (κ3) is 3.36. The number of ether oxygens (including phenoxy) is 1. The molecular formula is C13H21N3O4. The maximum absolute atomic E-state index is 11.2. The Hall–Kier alpha value is -1.44. The molecule has 1 aromatic heterocycles. The van der Waals surface area contributed by atoms with Gasteiger partial charge in [-0.25, -0.2) is 0 Å². The number of likely N-dealkylation sites (N-methyl/N-ethyl adjacent to an activating group) is 1.